The molecule has 6 nitrogen and oxygen atoms in total. The molecule has 2 aromatic rings. The van der Waals surface area contributed by atoms with Gasteiger partial charge in [-0.2, -0.15) is 0 Å². The first-order chi connectivity index (χ1) is 10.1. The Morgan fingerprint density at radius 1 is 1.14 bits per heavy atom. The lowest BCUT2D eigenvalue weighted by molar-refractivity contribution is 0.122. The van der Waals surface area contributed by atoms with Crippen molar-refractivity contribution in [1.29, 1.82) is 0 Å². The normalized spacial score (nSPS) is 15.2. The van der Waals surface area contributed by atoms with Crippen LogP contribution in [-0.4, -0.2) is 35.9 Å². The van der Waals surface area contributed by atoms with Crippen LogP contribution in [0.2, 0.25) is 5.02 Å². The van der Waals surface area contributed by atoms with E-state index in [2.05, 4.69) is 4.98 Å². The standard InChI is InChI=1S/C14H14ClN3O3/c15-10-2-1-3-11(8-10)18-13(19)9-12(16-14(18)20)17-4-6-21-7-5-17/h1-3,8-9H,4-7H2,(H,16,20). The van der Waals surface area contributed by atoms with Gasteiger partial charge in [0.2, 0.25) is 0 Å². The van der Waals surface area contributed by atoms with Crippen LogP contribution in [-0.2, 0) is 4.74 Å². The van der Waals surface area contributed by atoms with Crippen LogP contribution in [0.3, 0.4) is 0 Å². The highest BCUT2D eigenvalue weighted by atomic mass is 35.5. The van der Waals surface area contributed by atoms with Crippen molar-refractivity contribution >= 4 is 17.4 Å². The molecule has 1 aromatic heterocycles. The van der Waals surface area contributed by atoms with E-state index in [9.17, 15) is 9.59 Å². The van der Waals surface area contributed by atoms with Crippen molar-refractivity contribution in [1.82, 2.24) is 9.55 Å². The average Bonchev–Trinajstić information content (AvgIpc) is 2.47. The summed E-state index contributed by atoms with van der Waals surface area (Å²) in [7, 11) is 0. The number of halogens is 1. The summed E-state index contributed by atoms with van der Waals surface area (Å²) in [5.41, 5.74) is -0.420. The van der Waals surface area contributed by atoms with E-state index in [0.29, 0.717) is 42.8 Å². The Kier molecular flexibility index (Phi) is 3.81. The summed E-state index contributed by atoms with van der Waals surface area (Å²) in [4.78, 5) is 29.1. The minimum absolute atomic E-state index is 0.387. The van der Waals surface area contributed by atoms with Crippen LogP contribution in [0.25, 0.3) is 5.69 Å². The topological polar surface area (TPSA) is 67.3 Å². The van der Waals surface area contributed by atoms with Crippen molar-refractivity contribution in [2.75, 3.05) is 31.2 Å². The molecule has 1 N–H and O–H groups in total. The molecule has 1 fully saturated rings. The molecule has 0 spiro atoms. The lowest BCUT2D eigenvalue weighted by Crippen LogP contribution is -2.41. The summed E-state index contributed by atoms with van der Waals surface area (Å²) >= 11 is 5.90. The SMILES string of the molecule is O=c1cc(N2CCOCC2)[nH]c(=O)n1-c1cccc(Cl)c1. The predicted molar refractivity (Wildman–Crippen MR) is 80.7 cm³/mol. The Labute approximate surface area is 125 Å². The van der Waals surface area contributed by atoms with Gasteiger partial charge in [-0.1, -0.05) is 17.7 Å². The highest BCUT2D eigenvalue weighted by Crippen LogP contribution is 2.13. The maximum atomic E-state index is 12.3. The third-order valence-corrected chi connectivity index (χ3v) is 3.57. The molecular formula is C14H14ClN3O3. The van der Waals surface area contributed by atoms with E-state index in [1.54, 1.807) is 24.3 Å². The molecule has 1 aliphatic rings. The predicted octanol–water partition coefficient (Wildman–Crippen LogP) is 1.02. The first-order valence-corrected chi connectivity index (χ1v) is 6.98. The van der Waals surface area contributed by atoms with Crippen molar-refractivity contribution in [3.05, 3.63) is 56.2 Å². The number of rotatable bonds is 2. The van der Waals surface area contributed by atoms with Gasteiger partial charge in [0.05, 0.1) is 18.9 Å². The smallest absolute Gasteiger partial charge is 0.334 e. The summed E-state index contributed by atoms with van der Waals surface area (Å²) in [5.74, 6) is 0.520. The summed E-state index contributed by atoms with van der Waals surface area (Å²) in [6, 6.07) is 8.04. The monoisotopic (exact) mass is 307 g/mol. The molecule has 110 valence electrons. The summed E-state index contributed by atoms with van der Waals surface area (Å²) in [5, 5.41) is 0.469. The molecule has 0 amide bonds. The number of nitrogens with zero attached hydrogens (tertiary/aromatic N) is 2. The van der Waals surface area contributed by atoms with Crippen molar-refractivity contribution in [3.8, 4) is 5.69 Å². The van der Waals surface area contributed by atoms with Gasteiger partial charge in [-0.05, 0) is 18.2 Å². The fraction of sp³-hybridized carbons (Fsp3) is 0.286. The van der Waals surface area contributed by atoms with Gasteiger partial charge < -0.3 is 9.64 Å². The number of anilines is 1. The number of H-pyrrole nitrogens is 1. The first kappa shape index (κ1) is 13.9. The molecule has 1 aliphatic heterocycles. The largest absolute Gasteiger partial charge is 0.378 e. The minimum Gasteiger partial charge on any atom is -0.378 e. The summed E-state index contributed by atoms with van der Waals surface area (Å²) < 4.78 is 6.32. The summed E-state index contributed by atoms with van der Waals surface area (Å²) in [6.07, 6.45) is 0. The summed E-state index contributed by atoms with van der Waals surface area (Å²) in [6.45, 7) is 2.46. The van der Waals surface area contributed by atoms with Gasteiger partial charge in [-0.15, -0.1) is 0 Å². The Morgan fingerprint density at radius 3 is 2.57 bits per heavy atom. The van der Waals surface area contributed by atoms with Crippen molar-refractivity contribution < 1.29 is 4.74 Å². The van der Waals surface area contributed by atoms with Crippen LogP contribution in [0.4, 0.5) is 5.82 Å². The molecule has 21 heavy (non-hydrogen) atoms. The zero-order valence-electron chi connectivity index (χ0n) is 11.2. The van der Waals surface area contributed by atoms with E-state index in [1.807, 2.05) is 4.90 Å². The van der Waals surface area contributed by atoms with E-state index in [4.69, 9.17) is 16.3 Å². The average molecular weight is 308 g/mol. The third kappa shape index (κ3) is 2.86. The van der Waals surface area contributed by atoms with Crippen LogP contribution in [0.5, 0.6) is 0 Å². The van der Waals surface area contributed by atoms with Gasteiger partial charge in [-0.3, -0.25) is 9.78 Å². The molecule has 1 saturated heterocycles. The fourth-order valence-electron chi connectivity index (χ4n) is 2.32. The van der Waals surface area contributed by atoms with Crippen LogP contribution in [0, 0.1) is 0 Å². The van der Waals surface area contributed by atoms with Gasteiger partial charge in [0.15, 0.2) is 0 Å². The van der Waals surface area contributed by atoms with Gasteiger partial charge in [0, 0.05) is 24.2 Å². The number of hydrogen-bond acceptors (Lipinski definition) is 4. The van der Waals surface area contributed by atoms with Crippen LogP contribution in [0.1, 0.15) is 0 Å². The Hall–Kier alpha value is -2.05. The zero-order valence-corrected chi connectivity index (χ0v) is 12.0. The maximum absolute atomic E-state index is 12.3. The molecule has 0 bridgehead atoms. The lowest BCUT2D eigenvalue weighted by atomic mass is 10.3. The van der Waals surface area contributed by atoms with Gasteiger partial charge in [0.1, 0.15) is 5.82 Å². The number of nitrogens with one attached hydrogen (secondary N) is 1. The molecule has 0 saturated carbocycles. The molecule has 0 atom stereocenters. The molecule has 0 unspecified atom stereocenters. The third-order valence-electron chi connectivity index (χ3n) is 3.34. The van der Waals surface area contributed by atoms with Crippen LogP contribution >= 0.6 is 11.6 Å². The maximum Gasteiger partial charge on any atom is 0.334 e. The van der Waals surface area contributed by atoms with E-state index in [1.165, 1.54) is 6.07 Å². The van der Waals surface area contributed by atoms with Crippen molar-refractivity contribution in [2.24, 2.45) is 0 Å². The second kappa shape index (κ2) is 5.75. The van der Waals surface area contributed by atoms with E-state index >= 15 is 0 Å². The highest BCUT2D eigenvalue weighted by molar-refractivity contribution is 6.30. The van der Waals surface area contributed by atoms with E-state index in [-0.39, 0.29) is 5.56 Å². The molecule has 0 radical (unpaired) electrons. The molecule has 0 aliphatic carbocycles. The highest BCUT2D eigenvalue weighted by Gasteiger charge is 2.15. The quantitative estimate of drug-likeness (QED) is 0.899. The van der Waals surface area contributed by atoms with Crippen LogP contribution < -0.4 is 16.1 Å². The van der Waals surface area contributed by atoms with E-state index < -0.39 is 5.69 Å². The van der Waals surface area contributed by atoms with Crippen LogP contribution in [0.15, 0.2) is 39.9 Å². The first-order valence-electron chi connectivity index (χ1n) is 6.60. The van der Waals surface area contributed by atoms with Gasteiger partial charge in [0.25, 0.3) is 5.56 Å². The van der Waals surface area contributed by atoms with E-state index in [0.717, 1.165) is 4.57 Å². The molecule has 1 aromatic carbocycles. The van der Waals surface area contributed by atoms with Crippen molar-refractivity contribution in [3.63, 3.8) is 0 Å². The number of ether oxygens (including phenoxy) is 1. The van der Waals surface area contributed by atoms with Gasteiger partial charge >= 0.3 is 5.69 Å². The van der Waals surface area contributed by atoms with Crippen molar-refractivity contribution in [2.45, 2.75) is 0 Å². The lowest BCUT2D eigenvalue weighted by Gasteiger charge is -2.28. The number of aromatic nitrogens is 2. The Balaban J connectivity index is 2.04. The number of morpholine rings is 1. The van der Waals surface area contributed by atoms with Gasteiger partial charge in [-0.25, -0.2) is 9.36 Å². The fourth-order valence-corrected chi connectivity index (χ4v) is 2.50. The number of benzene rings is 1. The second-order valence-corrected chi connectivity index (χ2v) is 5.15. The number of aromatic amines is 1. The second-order valence-electron chi connectivity index (χ2n) is 4.71. The molecular weight excluding hydrogens is 294 g/mol. The Morgan fingerprint density at radius 2 is 1.90 bits per heavy atom. The molecule has 2 heterocycles. The zero-order chi connectivity index (χ0) is 14.8. The molecule has 3 rings (SSSR count). The minimum atomic E-state index is -0.480. The molecule has 7 heteroatoms. The Bertz CT molecular complexity index is 731. The number of hydrogen-bond donors (Lipinski definition) is 1.